The minimum Gasteiger partial charge on any atom is -1.00 e. The van der Waals surface area contributed by atoms with Crippen molar-refractivity contribution in [2.45, 2.75) is 97.8 Å². The predicted octanol–water partition coefficient (Wildman–Crippen LogP) is 3.45. The first-order valence-corrected chi connectivity index (χ1v) is 18.7. The molecule has 1 aromatic heterocycles. The summed E-state index contributed by atoms with van der Waals surface area (Å²) in [5.41, 5.74) is 10.8. The Hall–Kier alpha value is -1.47. The van der Waals surface area contributed by atoms with Crippen molar-refractivity contribution in [1.82, 2.24) is 0 Å². The van der Waals surface area contributed by atoms with Crippen LogP contribution in [0.1, 0.15) is 109 Å². The van der Waals surface area contributed by atoms with E-state index in [0.29, 0.717) is 5.92 Å². The second-order valence-corrected chi connectivity index (χ2v) is 20.3. The van der Waals surface area contributed by atoms with Crippen LogP contribution < -0.4 is 28.1 Å². The largest absolute Gasteiger partial charge is 1.00 e. The molecule has 1 fully saturated rings. The summed E-state index contributed by atoms with van der Waals surface area (Å²) in [5, 5.41) is 0. The summed E-state index contributed by atoms with van der Waals surface area (Å²) in [4.78, 5) is 0. The van der Waals surface area contributed by atoms with Gasteiger partial charge in [0.05, 0.1) is 0 Å². The Morgan fingerprint density at radius 1 is 0.829 bits per heavy atom. The van der Waals surface area contributed by atoms with Crippen molar-refractivity contribution in [3.8, 4) is 11.1 Å². The fourth-order valence-corrected chi connectivity index (χ4v) is 16.8. The Kier molecular flexibility index (Phi) is 9.70. The first kappa shape index (κ1) is 32.4. The molecule has 2 aromatic carbocycles. The van der Waals surface area contributed by atoms with E-state index in [0.717, 1.165) is 12.2 Å². The number of rotatable bonds is 3. The van der Waals surface area contributed by atoms with E-state index in [-0.39, 0.29) is 35.6 Å². The van der Waals surface area contributed by atoms with E-state index in [1.807, 2.05) is 15.5 Å². The summed E-state index contributed by atoms with van der Waals surface area (Å²) < 4.78 is 11.4. The second kappa shape index (κ2) is 12.3. The second-order valence-electron chi connectivity index (χ2n) is 14.1. The average Bonchev–Trinajstić information content (AvgIpc) is 3.62. The molecule has 41 heavy (non-hydrogen) atoms. The molecule has 6 rings (SSSR count). The molecule has 0 saturated heterocycles. The normalized spacial score (nSPS) is 17.9. The van der Waals surface area contributed by atoms with E-state index in [1.54, 1.807) is 17.7 Å². The number of furan rings is 1. The molecule has 3 aliphatic carbocycles. The van der Waals surface area contributed by atoms with E-state index in [2.05, 4.69) is 97.0 Å². The van der Waals surface area contributed by atoms with Gasteiger partial charge in [-0.2, -0.15) is 0 Å². The van der Waals surface area contributed by atoms with Crippen molar-refractivity contribution < 1.29 is 50.5 Å². The van der Waals surface area contributed by atoms with Crippen LogP contribution in [0, 0.1) is 5.92 Å². The standard InChI is InChI=1S/C21H25.C10H9O.C6H10.2ClH.Zr/c1-20(2,3)16-7-9-18-14(12-16)11-15-13-17(21(4,5)6)8-10-19(15)18;1-8-4-5-9(7-8)10-3-2-6-11-10;1-2-4-6-5-3-1;;;/h7-10,12H,11H2,1-6H3;2-3,5-8H,1H3;1-5H2;2*1H;/q;;;;;+2/p-2. The van der Waals surface area contributed by atoms with Gasteiger partial charge in [0.15, 0.2) is 0 Å². The minimum absolute atomic E-state index is 0. The zero-order chi connectivity index (χ0) is 27.5. The first-order chi connectivity index (χ1) is 18.5. The smallest absolute Gasteiger partial charge is 1.00 e. The van der Waals surface area contributed by atoms with Crippen molar-refractivity contribution in [2.75, 3.05) is 0 Å². The molecule has 0 aliphatic heterocycles. The average molecular weight is 667 g/mol. The third-order valence-electron chi connectivity index (χ3n) is 9.14. The molecule has 1 heterocycles. The van der Waals surface area contributed by atoms with Crippen molar-refractivity contribution in [3.05, 3.63) is 92.2 Å². The zero-order valence-corrected chi connectivity index (χ0v) is 29.7. The molecule has 3 aromatic rings. The molecule has 0 N–H and O–H groups in total. The maximum absolute atomic E-state index is 5.88. The molecule has 0 spiro atoms. The summed E-state index contributed by atoms with van der Waals surface area (Å²) in [7, 11) is 0. The van der Waals surface area contributed by atoms with E-state index in [4.69, 9.17) is 4.42 Å². The maximum atomic E-state index is 5.88. The van der Waals surface area contributed by atoms with Crippen LogP contribution in [-0.4, -0.2) is 3.21 Å². The van der Waals surface area contributed by atoms with Gasteiger partial charge in [-0.15, -0.1) is 0 Å². The molecule has 3 aliphatic rings. The Balaban J connectivity index is 0.00000194. The van der Waals surface area contributed by atoms with E-state index in [9.17, 15) is 0 Å². The fourth-order valence-electron chi connectivity index (χ4n) is 7.01. The molecule has 216 valence electrons. The summed E-state index contributed by atoms with van der Waals surface area (Å²) in [6.07, 6.45) is 14.7. The minimum atomic E-state index is -2.42. The monoisotopic (exact) mass is 664 g/mol. The topological polar surface area (TPSA) is 13.1 Å². The molecule has 1 unspecified atom stereocenters. The third-order valence-corrected chi connectivity index (χ3v) is 17.6. The van der Waals surface area contributed by atoms with Gasteiger partial charge < -0.3 is 24.8 Å². The van der Waals surface area contributed by atoms with Crippen LogP contribution in [0.4, 0.5) is 0 Å². The Labute approximate surface area is 267 Å². The number of hydrogen-bond donors (Lipinski definition) is 0. The van der Waals surface area contributed by atoms with Gasteiger partial charge in [-0.3, -0.25) is 0 Å². The van der Waals surface area contributed by atoms with Crippen LogP contribution in [0.15, 0.2) is 68.6 Å². The van der Waals surface area contributed by atoms with Gasteiger partial charge in [0.2, 0.25) is 0 Å². The van der Waals surface area contributed by atoms with Crippen LogP contribution >= 0.6 is 0 Å². The quantitative estimate of drug-likeness (QED) is 0.327. The van der Waals surface area contributed by atoms with Crippen molar-refractivity contribution >= 4 is 12.1 Å². The van der Waals surface area contributed by atoms with Crippen LogP contribution in [-0.2, 0) is 38.5 Å². The van der Waals surface area contributed by atoms with Crippen LogP contribution in [0.5, 0.6) is 0 Å². The number of halogens is 2. The summed E-state index contributed by atoms with van der Waals surface area (Å²) in [6, 6.07) is 16.4. The van der Waals surface area contributed by atoms with Gasteiger partial charge in [-0.25, -0.2) is 0 Å². The Bertz CT molecular complexity index is 1520. The van der Waals surface area contributed by atoms with Crippen molar-refractivity contribution in [2.24, 2.45) is 5.92 Å². The van der Waals surface area contributed by atoms with Gasteiger partial charge in [0.1, 0.15) is 0 Å². The molecule has 0 amide bonds. The summed E-state index contributed by atoms with van der Waals surface area (Å²) in [5.74, 6) is 1.50. The summed E-state index contributed by atoms with van der Waals surface area (Å²) in [6.45, 7) is 16.8. The van der Waals surface area contributed by atoms with Crippen molar-refractivity contribution in [1.29, 1.82) is 0 Å². The molecule has 0 radical (unpaired) electrons. The van der Waals surface area contributed by atoms with Gasteiger partial charge in [-0.05, 0) is 0 Å². The molecule has 0 bridgehead atoms. The fraction of sp³-hybridized carbons (Fsp3) is 0.432. The van der Waals surface area contributed by atoms with E-state index < -0.39 is 21.3 Å². The van der Waals surface area contributed by atoms with Crippen LogP contribution in [0.25, 0.3) is 16.7 Å². The first-order valence-electron chi connectivity index (χ1n) is 15.0. The third kappa shape index (κ3) is 6.14. The van der Waals surface area contributed by atoms with Gasteiger partial charge in [-0.1, -0.05) is 0 Å². The predicted molar refractivity (Wildman–Crippen MR) is 164 cm³/mol. The number of benzene rings is 2. The van der Waals surface area contributed by atoms with Crippen LogP contribution in [0.3, 0.4) is 0 Å². The van der Waals surface area contributed by atoms with Crippen molar-refractivity contribution in [3.63, 3.8) is 0 Å². The van der Waals surface area contributed by atoms with Gasteiger partial charge in [0, 0.05) is 0 Å². The van der Waals surface area contributed by atoms with E-state index in [1.165, 1.54) is 59.9 Å². The maximum Gasteiger partial charge on any atom is -1.00 e. The Morgan fingerprint density at radius 3 is 2.17 bits per heavy atom. The van der Waals surface area contributed by atoms with Gasteiger partial charge >= 0.3 is 245 Å². The van der Waals surface area contributed by atoms with E-state index >= 15 is 0 Å². The Morgan fingerprint density at radius 2 is 1.54 bits per heavy atom. The number of fused-ring (bicyclic) bond motifs is 3. The SMILES string of the molecule is CC1C=C(c2ccco2)C=[C]1[Zr+2](=[C]1CCCCC1)[c]1c(C(C)(C)C)ccc2c1Cc1cc(C(C)(C)C)ccc1-2.[Cl-].[Cl-]. The zero-order valence-electron chi connectivity index (χ0n) is 25.8. The number of allylic oxidation sites excluding steroid dienone is 4. The molecule has 1 nitrogen and oxygen atoms in total. The number of hydrogen-bond acceptors (Lipinski definition) is 1. The molecular formula is C37H44Cl2OZr. The molecular weight excluding hydrogens is 623 g/mol. The van der Waals surface area contributed by atoms with Crippen LogP contribution in [0.2, 0.25) is 0 Å². The molecule has 1 atom stereocenters. The molecule has 1 saturated carbocycles. The van der Waals surface area contributed by atoms with Gasteiger partial charge in [0.25, 0.3) is 0 Å². The molecule has 4 heteroatoms. The summed E-state index contributed by atoms with van der Waals surface area (Å²) >= 11 is -2.42.